The first-order chi connectivity index (χ1) is 10.0. The number of aromatic carboxylic acids is 1. The molecule has 0 aliphatic heterocycles. The SMILES string of the molecule is NN=Cc1ccc(-c2ccc(C(=O)O)c([N+](=O)[O-])c2)cc1. The second-order valence-corrected chi connectivity index (χ2v) is 4.19. The number of benzene rings is 2. The summed E-state index contributed by atoms with van der Waals surface area (Å²) < 4.78 is 0. The van der Waals surface area contributed by atoms with Gasteiger partial charge in [0, 0.05) is 6.07 Å². The molecule has 0 aliphatic carbocycles. The number of hydrogen-bond donors (Lipinski definition) is 2. The van der Waals surface area contributed by atoms with Gasteiger partial charge in [0.25, 0.3) is 5.69 Å². The van der Waals surface area contributed by atoms with E-state index in [1.807, 2.05) is 0 Å². The average molecular weight is 285 g/mol. The molecule has 0 unspecified atom stereocenters. The van der Waals surface area contributed by atoms with Gasteiger partial charge in [0.05, 0.1) is 11.1 Å². The number of hydrazone groups is 1. The van der Waals surface area contributed by atoms with Crippen LogP contribution in [0.4, 0.5) is 5.69 Å². The Morgan fingerprint density at radius 1 is 1.19 bits per heavy atom. The highest BCUT2D eigenvalue weighted by molar-refractivity contribution is 5.93. The summed E-state index contributed by atoms with van der Waals surface area (Å²) in [4.78, 5) is 21.2. The number of nitro groups is 1. The summed E-state index contributed by atoms with van der Waals surface area (Å²) in [5.41, 5.74) is 1.30. The molecule has 0 radical (unpaired) electrons. The number of carboxylic acid groups (broad SMARTS) is 1. The Kier molecular flexibility index (Phi) is 3.94. The van der Waals surface area contributed by atoms with Crippen molar-refractivity contribution >= 4 is 17.9 Å². The predicted molar refractivity (Wildman–Crippen MR) is 77.3 cm³/mol. The molecule has 21 heavy (non-hydrogen) atoms. The van der Waals surface area contributed by atoms with Crippen molar-refractivity contribution < 1.29 is 14.8 Å². The second-order valence-electron chi connectivity index (χ2n) is 4.19. The maximum absolute atomic E-state index is 11.0. The van der Waals surface area contributed by atoms with Crippen LogP contribution in [-0.4, -0.2) is 22.2 Å². The fourth-order valence-corrected chi connectivity index (χ4v) is 1.89. The topological polar surface area (TPSA) is 119 Å². The molecule has 0 aromatic heterocycles. The van der Waals surface area contributed by atoms with Gasteiger partial charge in [-0.15, -0.1) is 0 Å². The van der Waals surface area contributed by atoms with Crippen molar-refractivity contribution in [2.24, 2.45) is 10.9 Å². The van der Waals surface area contributed by atoms with E-state index in [1.165, 1.54) is 24.4 Å². The normalized spacial score (nSPS) is 10.7. The van der Waals surface area contributed by atoms with Gasteiger partial charge in [-0.1, -0.05) is 30.3 Å². The zero-order valence-electron chi connectivity index (χ0n) is 10.8. The van der Waals surface area contributed by atoms with Crippen LogP contribution < -0.4 is 5.84 Å². The van der Waals surface area contributed by atoms with Crippen molar-refractivity contribution in [1.29, 1.82) is 0 Å². The first-order valence-electron chi connectivity index (χ1n) is 5.88. The molecular formula is C14H11N3O4. The van der Waals surface area contributed by atoms with Crippen molar-refractivity contribution in [2.75, 3.05) is 0 Å². The van der Waals surface area contributed by atoms with E-state index >= 15 is 0 Å². The number of carbonyl (C=O) groups is 1. The zero-order chi connectivity index (χ0) is 15.4. The Balaban J connectivity index is 2.47. The van der Waals surface area contributed by atoms with Gasteiger partial charge in [0.2, 0.25) is 0 Å². The van der Waals surface area contributed by atoms with Crippen molar-refractivity contribution in [3.05, 3.63) is 63.7 Å². The van der Waals surface area contributed by atoms with E-state index in [-0.39, 0.29) is 5.56 Å². The van der Waals surface area contributed by atoms with Crippen LogP contribution in [0.25, 0.3) is 11.1 Å². The molecule has 2 rings (SSSR count). The molecule has 0 fully saturated rings. The lowest BCUT2D eigenvalue weighted by atomic mass is 10.0. The summed E-state index contributed by atoms with van der Waals surface area (Å²) in [5.74, 6) is 3.72. The van der Waals surface area contributed by atoms with Gasteiger partial charge < -0.3 is 10.9 Å². The molecule has 2 aromatic carbocycles. The van der Waals surface area contributed by atoms with Crippen molar-refractivity contribution in [2.45, 2.75) is 0 Å². The highest BCUT2D eigenvalue weighted by Crippen LogP contribution is 2.27. The molecule has 0 atom stereocenters. The van der Waals surface area contributed by atoms with E-state index in [1.54, 1.807) is 24.3 Å². The average Bonchev–Trinajstić information content (AvgIpc) is 2.47. The molecule has 0 saturated heterocycles. The van der Waals surface area contributed by atoms with E-state index in [0.717, 1.165) is 11.1 Å². The van der Waals surface area contributed by atoms with Gasteiger partial charge in [-0.2, -0.15) is 5.10 Å². The van der Waals surface area contributed by atoms with E-state index < -0.39 is 16.6 Å². The number of nitrogens with two attached hydrogens (primary N) is 1. The van der Waals surface area contributed by atoms with Gasteiger partial charge in [0.15, 0.2) is 0 Å². The first-order valence-corrected chi connectivity index (χ1v) is 5.88. The van der Waals surface area contributed by atoms with Crippen LogP contribution >= 0.6 is 0 Å². The molecular weight excluding hydrogens is 274 g/mol. The number of rotatable bonds is 4. The standard InChI is InChI=1S/C14H11N3O4/c15-16-8-9-1-3-10(4-2-9)11-5-6-12(14(18)19)13(7-11)17(20)21/h1-8H,15H2,(H,18,19). The van der Waals surface area contributed by atoms with Crippen molar-refractivity contribution in [3.8, 4) is 11.1 Å². The van der Waals surface area contributed by atoms with Crippen molar-refractivity contribution in [3.63, 3.8) is 0 Å². The summed E-state index contributed by atoms with van der Waals surface area (Å²) in [6, 6.07) is 11.0. The zero-order valence-corrected chi connectivity index (χ0v) is 10.8. The minimum Gasteiger partial charge on any atom is -0.477 e. The number of hydrogen-bond acceptors (Lipinski definition) is 5. The number of nitrogens with zero attached hydrogens (tertiary/aromatic N) is 2. The molecule has 0 aliphatic rings. The van der Waals surface area contributed by atoms with Gasteiger partial charge in [-0.05, 0) is 22.8 Å². The fourth-order valence-electron chi connectivity index (χ4n) is 1.89. The minimum absolute atomic E-state index is 0.337. The largest absolute Gasteiger partial charge is 0.477 e. The van der Waals surface area contributed by atoms with E-state index in [0.29, 0.717) is 5.56 Å². The van der Waals surface area contributed by atoms with Crippen LogP contribution in [0.3, 0.4) is 0 Å². The second kappa shape index (κ2) is 5.83. The quantitative estimate of drug-likeness (QED) is 0.386. The Hall–Kier alpha value is -3.22. The summed E-state index contributed by atoms with van der Waals surface area (Å²) in [6.07, 6.45) is 1.47. The van der Waals surface area contributed by atoms with Gasteiger partial charge in [-0.25, -0.2) is 4.79 Å². The molecule has 0 bridgehead atoms. The molecule has 0 amide bonds. The Bertz CT molecular complexity index is 723. The summed E-state index contributed by atoms with van der Waals surface area (Å²) in [6.45, 7) is 0. The lowest BCUT2D eigenvalue weighted by molar-refractivity contribution is -0.385. The molecule has 7 nitrogen and oxygen atoms in total. The van der Waals surface area contributed by atoms with Crippen LogP contribution in [0.15, 0.2) is 47.6 Å². The third-order valence-corrected chi connectivity index (χ3v) is 2.89. The van der Waals surface area contributed by atoms with Crippen LogP contribution in [0.1, 0.15) is 15.9 Å². The van der Waals surface area contributed by atoms with E-state index in [2.05, 4.69) is 5.10 Å². The Morgan fingerprint density at radius 2 is 1.81 bits per heavy atom. The summed E-state index contributed by atoms with van der Waals surface area (Å²) in [5, 5.41) is 23.3. The highest BCUT2D eigenvalue weighted by Gasteiger charge is 2.20. The lowest BCUT2D eigenvalue weighted by Gasteiger charge is -2.04. The highest BCUT2D eigenvalue weighted by atomic mass is 16.6. The van der Waals surface area contributed by atoms with Gasteiger partial charge in [0.1, 0.15) is 5.56 Å². The Morgan fingerprint density at radius 3 is 2.33 bits per heavy atom. The number of carboxylic acids is 1. The van der Waals surface area contributed by atoms with Gasteiger partial charge in [-0.3, -0.25) is 10.1 Å². The lowest BCUT2D eigenvalue weighted by Crippen LogP contribution is -2.02. The maximum Gasteiger partial charge on any atom is 0.342 e. The molecule has 7 heteroatoms. The molecule has 0 heterocycles. The smallest absolute Gasteiger partial charge is 0.342 e. The summed E-state index contributed by atoms with van der Waals surface area (Å²) >= 11 is 0. The van der Waals surface area contributed by atoms with E-state index in [9.17, 15) is 14.9 Å². The van der Waals surface area contributed by atoms with Crippen LogP contribution in [0, 0.1) is 10.1 Å². The fraction of sp³-hybridized carbons (Fsp3) is 0. The predicted octanol–water partition coefficient (Wildman–Crippen LogP) is 2.25. The first kappa shape index (κ1) is 14.2. The molecule has 3 N–H and O–H groups in total. The maximum atomic E-state index is 11.0. The third kappa shape index (κ3) is 3.03. The Labute approximate surface area is 119 Å². The number of nitro benzene ring substituents is 1. The molecule has 2 aromatic rings. The van der Waals surface area contributed by atoms with Crippen LogP contribution in [0.2, 0.25) is 0 Å². The van der Waals surface area contributed by atoms with Crippen LogP contribution in [-0.2, 0) is 0 Å². The van der Waals surface area contributed by atoms with Crippen LogP contribution in [0.5, 0.6) is 0 Å². The molecule has 0 spiro atoms. The minimum atomic E-state index is -1.33. The molecule has 106 valence electrons. The monoisotopic (exact) mass is 285 g/mol. The van der Waals surface area contributed by atoms with E-state index in [4.69, 9.17) is 10.9 Å². The summed E-state index contributed by atoms with van der Waals surface area (Å²) in [7, 11) is 0. The molecule has 0 saturated carbocycles. The van der Waals surface area contributed by atoms with Crippen molar-refractivity contribution in [1.82, 2.24) is 0 Å². The third-order valence-electron chi connectivity index (χ3n) is 2.89. The van der Waals surface area contributed by atoms with Gasteiger partial charge >= 0.3 is 5.97 Å².